The van der Waals surface area contributed by atoms with Gasteiger partial charge >= 0.3 is 0 Å². The van der Waals surface area contributed by atoms with Gasteiger partial charge in [0, 0.05) is 45.9 Å². The molecular formula is C22H44N2O. The number of hydrogen-bond donors (Lipinski definition) is 0. The Morgan fingerprint density at radius 2 is 1.64 bits per heavy atom. The molecule has 0 aromatic heterocycles. The van der Waals surface area contributed by atoms with Gasteiger partial charge in [0.15, 0.2) is 0 Å². The highest BCUT2D eigenvalue weighted by Gasteiger charge is 2.24. The fourth-order valence-electron chi connectivity index (χ4n) is 5.00. The standard InChI is InChI=1S/C22H44N2O/c1-5-7-21(6-2)24-16-14-23(15-17-24)18-19(3)8-9-20-10-12-22(25-4)13-11-20/h19-22H,5-18H2,1-4H3/t19-,20-,21?,22-/m0/s1. The fraction of sp³-hybridized carbons (Fsp3) is 1.00. The molecule has 0 amide bonds. The van der Waals surface area contributed by atoms with Crippen LogP contribution in [0.5, 0.6) is 0 Å². The third kappa shape index (κ3) is 7.19. The highest BCUT2D eigenvalue weighted by molar-refractivity contribution is 4.79. The van der Waals surface area contributed by atoms with Crippen LogP contribution < -0.4 is 0 Å². The molecule has 1 saturated heterocycles. The van der Waals surface area contributed by atoms with E-state index in [-0.39, 0.29) is 0 Å². The molecule has 3 nitrogen and oxygen atoms in total. The first kappa shape index (κ1) is 21.2. The van der Waals surface area contributed by atoms with Crippen LogP contribution in [0.4, 0.5) is 0 Å². The number of piperazine rings is 1. The van der Waals surface area contributed by atoms with Crippen LogP contribution in [-0.4, -0.2) is 61.8 Å². The molecule has 0 spiro atoms. The summed E-state index contributed by atoms with van der Waals surface area (Å²) >= 11 is 0. The third-order valence-corrected chi connectivity index (χ3v) is 6.78. The zero-order valence-electron chi connectivity index (χ0n) is 17.5. The lowest BCUT2D eigenvalue weighted by atomic mass is 9.83. The monoisotopic (exact) mass is 352 g/mol. The molecule has 0 bridgehead atoms. The SMILES string of the molecule is CCCC(CC)N1CCN(C[C@@H](C)CC[C@H]2CC[C@H](OC)CC2)CC1. The van der Waals surface area contributed by atoms with Crippen LogP contribution in [0.25, 0.3) is 0 Å². The molecule has 0 radical (unpaired) electrons. The van der Waals surface area contributed by atoms with Crippen LogP contribution in [0.15, 0.2) is 0 Å². The predicted molar refractivity (Wildman–Crippen MR) is 108 cm³/mol. The van der Waals surface area contributed by atoms with E-state index in [1.165, 1.54) is 90.5 Å². The maximum Gasteiger partial charge on any atom is 0.0571 e. The fourth-order valence-corrected chi connectivity index (χ4v) is 5.00. The second-order valence-electron chi connectivity index (χ2n) is 8.75. The lowest BCUT2D eigenvalue weighted by Gasteiger charge is -2.40. The maximum absolute atomic E-state index is 5.50. The normalized spacial score (nSPS) is 28.8. The first-order chi connectivity index (χ1) is 12.2. The van der Waals surface area contributed by atoms with Crippen molar-refractivity contribution in [2.24, 2.45) is 11.8 Å². The highest BCUT2D eigenvalue weighted by Crippen LogP contribution is 2.30. The van der Waals surface area contributed by atoms with Crippen LogP contribution in [0, 0.1) is 11.8 Å². The van der Waals surface area contributed by atoms with Crippen LogP contribution in [0.1, 0.15) is 78.6 Å². The Morgan fingerprint density at radius 1 is 0.960 bits per heavy atom. The van der Waals surface area contributed by atoms with Gasteiger partial charge in [-0.15, -0.1) is 0 Å². The van der Waals surface area contributed by atoms with E-state index in [1.807, 2.05) is 7.11 Å². The molecule has 25 heavy (non-hydrogen) atoms. The minimum atomic E-state index is 0.546. The Hall–Kier alpha value is -0.120. The molecule has 1 heterocycles. The summed E-state index contributed by atoms with van der Waals surface area (Å²) in [5, 5.41) is 0. The van der Waals surface area contributed by atoms with Gasteiger partial charge in [0.2, 0.25) is 0 Å². The molecule has 2 atom stereocenters. The summed E-state index contributed by atoms with van der Waals surface area (Å²) in [5.74, 6) is 1.81. The lowest BCUT2D eigenvalue weighted by molar-refractivity contribution is 0.0534. The first-order valence-corrected chi connectivity index (χ1v) is 11.1. The number of methoxy groups -OCH3 is 1. The second-order valence-corrected chi connectivity index (χ2v) is 8.75. The van der Waals surface area contributed by atoms with Crippen molar-refractivity contribution in [3.63, 3.8) is 0 Å². The zero-order chi connectivity index (χ0) is 18.1. The molecule has 2 fully saturated rings. The molecule has 1 aliphatic carbocycles. The van der Waals surface area contributed by atoms with Gasteiger partial charge < -0.3 is 9.64 Å². The van der Waals surface area contributed by atoms with Crippen LogP contribution in [-0.2, 0) is 4.74 Å². The molecule has 1 unspecified atom stereocenters. The van der Waals surface area contributed by atoms with Crippen molar-refractivity contribution in [2.45, 2.75) is 90.7 Å². The Balaban J connectivity index is 1.59. The average Bonchev–Trinajstić information content (AvgIpc) is 2.65. The molecule has 2 rings (SSSR count). The van der Waals surface area contributed by atoms with E-state index < -0.39 is 0 Å². The van der Waals surface area contributed by atoms with Crippen molar-refractivity contribution < 1.29 is 4.74 Å². The Bertz CT molecular complexity index is 333. The van der Waals surface area contributed by atoms with Crippen molar-refractivity contribution in [3.8, 4) is 0 Å². The molecule has 1 saturated carbocycles. The van der Waals surface area contributed by atoms with Gasteiger partial charge in [-0.25, -0.2) is 0 Å². The van der Waals surface area contributed by atoms with E-state index in [0.29, 0.717) is 6.10 Å². The summed E-state index contributed by atoms with van der Waals surface area (Å²) in [6, 6.07) is 0.826. The quantitative estimate of drug-likeness (QED) is 0.561. The molecule has 0 aromatic carbocycles. The zero-order valence-corrected chi connectivity index (χ0v) is 17.5. The van der Waals surface area contributed by atoms with Crippen molar-refractivity contribution in [1.82, 2.24) is 9.80 Å². The van der Waals surface area contributed by atoms with Crippen molar-refractivity contribution >= 4 is 0 Å². The van der Waals surface area contributed by atoms with Crippen molar-refractivity contribution in [3.05, 3.63) is 0 Å². The topological polar surface area (TPSA) is 15.7 Å². The van der Waals surface area contributed by atoms with Gasteiger partial charge in [-0.1, -0.05) is 33.6 Å². The second kappa shape index (κ2) is 11.6. The molecule has 2 aliphatic rings. The number of hydrogen-bond acceptors (Lipinski definition) is 3. The molecule has 3 heteroatoms. The van der Waals surface area contributed by atoms with Gasteiger partial charge in [-0.2, -0.15) is 0 Å². The van der Waals surface area contributed by atoms with Crippen molar-refractivity contribution in [2.75, 3.05) is 39.8 Å². The minimum Gasteiger partial charge on any atom is -0.381 e. The van der Waals surface area contributed by atoms with E-state index in [2.05, 4.69) is 30.6 Å². The largest absolute Gasteiger partial charge is 0.381 e. The van der Waals surface area contributed by atoms with Crippen LogP contribution in [0.2, 0.25) is 0 Å². The van der Waals surface area contributed by atoms with Crippen LogP contribution >= 0.6 is 0 Å². The van der Waals surface area contributed by atoms with Crippen LogP contribution in [0.3, 0.4) is 0 Å². The Labute approximate surface area is 157 Å². The summed E-state index contributed by atoms with van der Waals surface area (Å²) < 4.78 is 5.50. The number of ether oxygens (including phenoxy) is 1. The van der Waals surface area contributed by atoms with E-state index >= 15 is 0 Å². The first-order valence-electron chi connectivity index (χ1n) is 11.1. The summed E-state index contributed by atoms with van der Waals surface area (Å²) in [4.78, 5) is 5.47. The summed E-state index contributed by atoms with van der Waals surface area (Å²) in [6.07, 6.45) is 12.8. The maximum atomic E-state index is 5.50. The van der Waals surface area contributed by atoms with E-state index in [0.717, 1.165) is 17.9 Å². The van der Waals surface area contributed by atoms with Gasteiger partial charge in [-0.05, 0) is 56.8 Å². The lowest BCUT2D eigenvalue weighted by Crippen LogP contribution is -2.51. The number of rotatable bonds is 10. The highest BCUT2D eigenvalue weighted by atomic mass is 16.5. The Morgan fingerprint density at radius 3 is 2.20 bits per heavy atom. The van der Waals surface area contributed by atoms with E-state index in [1.54, 1.807) is 0 Å². The average molecular weight is 353 g/mol. The number of nitrogens with zero attached hydrogens (tertiary/aromatic N) is 2. The van der Waals surface area contributed by atoms with Gasteiger partial charge in [0.1, 0.15) is 0 Å². The molecule has 148 valence electrons. The predicted octanol–water partition coefficient (Wildman–Crippen LogP) is 4.80. The summed E-state index contributed by atoms with van der Waals surface area (Å²) in [7, 11) is 1.87. The van der Waals surface area contributed by atoms with Gasteiger partial charge in [0.25, 0.3) is 0 Å². The summed E-state index contributed by atoms with van der Waals surface area (Å²) in [5.41, 5.74) is 0. The molecule has 0 N–H and O–H groups in total. The molecular weight excluding hydrogens is 308 g/mol. The minimum absolute atomic E-state index is 0.546. The third-order valence-electron chi connectivity index (χ3n) is 6.78. The van der Waals surface area contributed by atoms with E-state index in [4.69, 9.17) is 4.74 Å². The summed E-state index contributed by atoms with van der Waals surface area (Å²) in [6.45, 7) is 13.6. The van der Waals surface area contributed by atoms with Crippen molar-refractivity contribution in [1.29, 1.82) is 0 Å². The van der Waals surface area contributed by atoms with Gasteiger partial charge in [0.05, 0.1) is 6.10 Å². The Kier molecular flexibility index (Phi) is 9.80. The van der Waals surface area contributed by atoms with Gasteiger partial charge in [-0.3, -0.25) is 4.90 Å². The molecule has 0 aromatic rings. The smallest absolute Gasteiger partial charge is 0.0571 e. The van der Waals surface area contributed by atoms with E-state index in [9.17, 15) is 0 Å². The molecule has 1 aliphatic heterocycles.